The standard InChI is InChI=1S/C19H17BrN4O3/c1-13-10-21-24(11-13)16-6-2-14(3-7-16)19(26)23-22-18(25)12-27-17-8-4-15(20)5-9-17/h2-11H,12H2,1H3,(H,22,25)(H,23,26). The minimum Gasteiger partial charge on any atom is -0.484 e. The number of aryl methyl sites for hydroxylation is 1. The van der Waals surface area contributed by atoms with Crippen LogP contribution in [0.5, 0.6) is 5.75 Å². The minimum atomic E-state index is -0.463. The Balaban J connectivity index is 1.48. The highest BCUT2D eigenvalue weighted by Crippen LogP contribution is 2.15. The summed E-state index contributed by atoms with van der Waals surface area (Å²) >= 11 is 3.32. The topological polar surface area (TPSA) is 85.3 Å². The fourth-order valence-corrected chi connectivity index (χ4v) is 2.50. The van der Waals surface area contributed by atoms with Gasteiger partial charge < -0.3 is 4.74 Å². The van der Waals surface area contributed by atoms with Crippen molar-refractivity contribution in [3.63, 3.8) is 0 Å². The molecule has 0 bridgehead atoms. The van der Waals surface area contributed by atoms with Crippen LogP contribution in [-0.4, -0.2) is 28.2 Å². The van der Waals surface area contributed by atoms with E-state index in [9.17, 15) is 9.59 Å². The summed E-state index contributed by atoms with van der Waals surface area (Å²) < 4.78 is 7.97. The van der Waals surface area contributed by atoms with Crippen LogP contribution in [0.2, 0.25) is 0 Å². The van der Waals surface area contributed by atoms with Crippen molar-refractivity contribution in [3.05, 3.63) is 76.5 Å². The lowest BCUT2D eigenvalue weighted by molar-refractivity contribution is -0.123. The van der Waals surface area contributed by atoms with Gasteiger partial charge in [0.2, 0.25) is 0 Å². The zero-order chi connectivity index (χ0) is 19.2. The van der Waals surface area contributed by atoms with Gasteiger partial charge in [0.1, 0.15) is 5.75 Å². The first kappa shape index (κ1) is 18.7. The highest BCUT2D eigenvalue weighted by molar-refractivity contribution is 9.10. The van der Waals surface area contributed by atoms with Gasteiger partial charge in [0.15, 0.2) is 6.61 Å². The second-order valence-corrected chi connectivity index (χ2v) is 6.67. The van der Waals surface area contributed by atoms with Crippen LogP contribution >= 0.6 is 15.9 Å². The molecule has 8 heteroatoms. The molecule has 7 nitrogen and oxygen atoms in total. The van der Waals surface area contributed by atoms with Crippen LogP contribution in [0.3, 0.4) is 0 Å². The Morgan fingerprint density at radius 1 is 1.07 bits per heavy atom. The number of carbonyl (C=O) groups excluding carboxylic acids is 2. The summed E-state index contributed by atoms with van der Waals surface area (Å²) in [4.78, 5) is 23.9. The van der Waals surface area contributed by atoms with Crippen molar-refractivity contribution in [2.24, 2.45) is 0 Å². The van der Waals surface area contributed by atoms with Gasteiger partial charge in [-0.3, -0.25) is 20.4 Å². The second kappa shape index (κ2) is 8.50. The fraction of sp³-hybridized carbons (Fsp3) is 0.105. The summed E-state index contributed by atoms with van der Waals surface area (Å²) in [6, 6.07) is 14.0. The molecule has 0 aliphatic rings. The van der Waals surface area contributed by atoms with Crippen molar-refractivity contribution in [2.75, 3.05) is 6.61 Å². The van der Waals surface area contributed by atoms with Gasteiger partial charge in [0.05, 0.1) is 11.9 Å². The van der Waals surface area contributed by atoms with E-state index in [1.807, 2.05) is 25.3 Å². The predicted octanol–water partition coefficient (Wildman–Crippen LogP) is 2.78. The molecule has 0 saturated heterocycles. The first-order chi connectivity index (χ1) is 13.0. The van der Waals surface area contributed by atoms with E-state index in [1.54, 1.807) is 47.3 Å². The monoisotopic (exact) mass is 428 g/mol. The number of benzene rings is 2. The molecule has 1 aromatic heterocycles. The minimum absolute atomic E-state index is 0.209. The fourth-order valence-electron chi connectivity index (χ4n) is 2.23. The molecular weight excluding hydrogens is 412 g/mol. The molecule has 27 heavy (non-hydrogen) atoms. The summed E-state index contributed by atoms with van der Waals surface area (Å²) in [6.07, 6.45) is 3.65. The molecule has 1 heterocycles. The normalized spacial score (nSPS) is 10.3. The van der Waals surface area contributed by atoms with Crippen molar-refractivity contribution >= 4 is 27.7 Å². The lowest BCUT2D eigenvalue weighted by atomic mass is 10.2. The van der Waals surface area contributed by atoms with E-state index in [0.29, 0.717) is 11.3 Å². The molecule has 0 atom stereocenters. The van der Waals surface area contributed by atoms with Gasteiger partial charge in [-0.05, 0) is 61.0 Å². The molecule has 2 amide bonds. The number of rotatable bonds is 5. The van der Waals surface area contributed by atoms with E-state index in [1.165, 1.54) is 0 Å². The Morgan fingerprint density at radius 3 is 2.41 bits per heavy atom. The molecule has 0 saturated carbocycles. The molecule has 0 spiro atoms. The highest BCUT2D eigenvalue weighted by Gasteiger charge is 2.09. The van der Waals surface area contributed by atoms with E-state index in [-0.39, 0.29) is 6.61 Å². The SMILES string of the molecule is Cc1cnn(-c2ccc(C(=O)NNC(=O)COc3ccc(Br)cc3)cc2)c1. The number of hydrazine groups is 1. The quantitative estimate of drug-likeness (QED) is 0.611. The second-order valence-electron chi connectivity index (χ2n) is 5.75. The third kappa shape index (κ3) is 5.18. The lowest BCUT2D eigenvalue weighted by Gasteiger charge is -2.09. The van der Waals surface area contributed by atoms with Crippen LogP contribution in [-0.2, 0) is 4.79 Å². The Hall–Kier alpha value is -3.13. The number of hydrogen-bond donors (Lipinski definition) is 2. The Kier molecular flexibility index (Phi) is 5.87. The smallest absolute Gasteiger partial charge is 0.276 e. The molecule has 0 radical (unpaired) electrons. The van der Waals surface area contributed by atoms with Crippen LogP contribution in [0.1, 0.15) is 15.9 Å². The average Bonchev–Trinajstić information content (AvgIpc) is 3.12. The van der Waals surface area contributed by atoms with E-state index < -0.39 is 11.8 Å². The summed E-state index contributed by atoms with van der Waals surface area (Å²) in [6.45, 7) is 1.74. The maximum atomic E-state index is 12.1. The maximum absolute atomic E-state index is 12.1. The zero-order valence-electron chi connectivity index (χ0n) is 14.5. The summed E-state index contributed by atoms with van der Waals surface area (Å²) in [5.74, 6) is -0.325. The maximum Gasteiger partial charge on any atom is 0.276 e. The number of nitrogens with zero attached hydrogens (tertiary/aromatic N) is 2. The van der Waals surface area contributed by atoms with Gasteiger partial charge in [-0.15, -0.1) is 0 Å². The zero-order valence-corrected chi connectivity index (χ0v) is 16.1. The Morgan fingerprint density at radius 2 is 1.78 bits per heavy atom. The lowest BCUT2D eigenvalue weighted by Crippen LogP contribution is -2.43. The third-order valence-corrected chi connectivity index (χ3v) is 4.13. The first-order valence-corrected chi connectivity index (χ1v) is 8.90. The average molecular weight is 429 g/mol. The number of amides is 2. The van der Waals surface area contributed by atoms with Gasteiger partial charge in [0, 0.05) is 16.2 Å². The van der Waals surface area contributed by atoms with E-state index in [4.69, 9.17) is 4.74 Å². The van der Waals surface area contributed by atoms with Crippen LogP contribution in [0.25, 0.3) is 5.69 Å². The molecule has 0 unspecified atom stereocenters. The molecule has 0 fully saturated rings. The number of halogens is 1. The molecule has 2 aromatic carbocycles. The summed E-state index contributed by atoms with van der Waals surface area (Å²) in [5, 5.41) is 4.21. The van der Waals surface area contributed by atoms with Crippen LogP contribution < -0.4 is 15.6 Å². The number of hydrogen-bond acceptors (Lipinski definition) is 4. The van der Waals surface area contributed by atoms with Crippen molar-refractivity contribution in [2.45, 2.75) is 6.92 Å². The van der Waals surface area contributed by atoms with Gasteiger partial charge >= 0.3 is 0 Å². The van der Waals surface area contributed by atoms with Gasteiger partial charge in [-0.1, -0.05) is 15.9 Å². The first-order valence-electron chi connectivity index (χ1n) is 8.10. The van der Waals surface area contributed by atoms with Gasteiger partial charge in [-0.2, -0.15) is 5.10 Å². The highest BCUT2D eigenvalue weighted by atomic mass is 79.9. The number of ether oxygens (including phenoxy) is 1. The number of nitrogens with one attached hydrogen (secondary N) is 2. The van der Waals surface area contributed by atoms with Crippen LogP contribution in [0.4, 0.5) is 0 Å². The van der Waals surface area contributed by atoms with Crippen molar-refractivity contribution < 1.29 is 14.3 Å². The van der Waals surface area contributed by atoms with Crippen LogP contribution in [0, 0.1) is 6.92 Å². The molecular formula is C19H17BrN4O3. The molecule has 2 N–H and O–H groups in total. The number of aromatic nitrogens is 2. The predicted molar refractivity (Wildman–Crippen MR) is 104 cm³/mol. The van der Waals surface area contributed by atoms with Crippen molar-refractivity contribution in [1.82, 2.24) is 20.6 Å². The van der Waals surface area contributed by atoms with E-state index in [0.717, 1.165) is 15.7 Å². The summed E-state index contributed by atoms with van der Waals surface area (Å²) in [5.41, 5.74) is 6.98. The van der Waals surface area contributed by atoms with Gasteiger partial charge in [-0.25, -0.2) is 4.68 Å². The van der Waals surface area contributed by atoms with Crippen molar-refractivity contribution in [3.8, 4) is 11.4 Å². The van der Waals surface area contributed by atoms with E-state index >= 15 is 0 Å². The van der Waals surface area contributed by atoms with Crippen molar-refractivity contribution in [1.29, 1.82) is 0 Å². The molecule has 3 rings (SSSR count). The molecule has 138 valence electrons. The third-order valence-electron chi connectivity index (χ3n) is 3.60. The molecule has 0 aliphatic heterocycles. The Bertz CT molecular complexity index is 936. The van der Waals surface area contributed by atoms with E-state index in [2.05, 4.69) is 31.9 Å². The Labute approximate surface area is 164 Å². The largest absolute Gasteiger partial charge is 0.484 e. The summed E-state index contributed by atoms with van der Waals surface area (Å²) in [7, 11) is 0. The molecule has 3 aromatic rings. The van der Waals surface area contributed by atoms with Gasteiger partial charge in [0.25, 0.3) is 11.8 Å². The van der Waals surface area contributed by atoms with Crippen LogP contribution in [0.15, 0.2) is 65.4 Å². The number of carbonyl (C=O) groups is 2. The molecule has 0 aliphatic carbocycles.